The molecule has 1 unspecified atom stereocenters. The summed E-state index contributed by atoms with van der Waals surface area (Å²) in [5.41, 5.74) is 2.82. The molecular formula is C30H25ClF4N6O4S. The Hall–Kier alpha value is -4.63. The van der Waals surface area contributed by atoms with Gasteiger partial charge in [-0.1, -0.05) is 49.3 Å². The van der Waals surface area contributed by atoms with Gasteiger partial charge in [0.05, 0.1) is 16.9 Å². The topological polar surface area (TPSA) is 111 Å². The number of carbonyl (C=O) groups excluding carboxylic acids is 2. The maximum atomic E-state index is 15.0. The summed E-state index contributed by atoms with van der Waals surface area (Å²) in [5, 5.41) is 6.75. The highest BCUT2D eigenvalue weighted by molar-refractivity contribution is 8.17. The molecule has 3 aromatic carbocycles. The van der Waals surface area contributed by atoms with Crippen molar-refractivity contribution in [3.8, 4) is 28.6 Å². The molecule has 4 aromatic rings. The van der Waals surface area contributed by atoms with Crippen LogP contribution in [0.15, 0.2) is 72.0 Å². The Morgan fingerprint density at radius 1 is 1.11 bits per heavy atom. The van der Waals surface area contributed by atoms with Crippen molar-refractivity contribution in [2.75, 3.05) is 11.6 Å². The van der Waals surface area contributed by atoms with Crippen molar-refractivity contribution in [3.63, 3.8) is 0 Å². The largest absolute Gasteiger partial charge is 0.573 e. The minimum absolute atomic E-state index is 0.0174. The van der Waals surface area contributed by atoms with E-state index in [2.05, 4.69) is 25.1 Å². The quantitative estimate of drug-likeness (QED) is 0.120. The van der Waals surface area contributed by atoms with Crippen molar-refractivity contribution in [1.82, 2.24) is 20.1 Å². The number of carbonyl (C=O) groups is 2. The summed E-state index contributed by atoms with van der Waals surface area (Å²) in [6.07, 6.45) is -3.54. The second-order valence-corrected chi connectivity index (χ2v) is 12.0. The van der Waals surface area contributed by atoms with Crippen molar-refractivity contribution < 1.29 is 36.6 Å². The Kier molecular flexibility index (Phi) is 9.53. The molecule has 1 saturated heterocycles. The van der Waals surface area contributed by atoms with Gasteiger partial charge in [-0.3, -0.25) is 9.69 Å². The van der Waals surface area contributed by atoms with Crippen molar-refractivity contribution in [1.29, 1.82) is 0 Å². The van der Waals surface area contributed by atoms with Gasteiger partial charge in [0.2, 0.25) is 0 Å². The number of aliphatic imine (C=N–C) groups is 1. The van der Waals surface area contributed by atoms with Crippen LogP contribution in [0.3, 0.4) is 0 Å². The van der Waals surface area contributed by atoms with Crippen LogP contribution in [0, 0.1) is 12.7 Å². The molecule has 0 spiro atoms. The number of anilines is 1. The van der Waals surface area contributed by atoms with Gasteiger partial charge in [-0.15, -0.1) is 18.3 Å². The molecule has 16 heteroatoms. The van der Waals surface area contributed by atoms with Crippen LogP contribution in [0.5, 0.6) is 11.5 Å². The maximum Gasteiger partial charge on any atom is 0.573 e. The highest BCUT2D eigenvalue weighted by Gasteiger charge is 2.39. The van der Waals surface area contributed by atoms with E-state index in [0.717, 1.165) is 41.1 Å². The van der Waals surface area contributed by atoms with E-state index in [9.17, 15) is 27.2 Å². The first-order valence-electron chi connectivity index (χ1n) is 13.6. The smallest absolute Gasteiger partial charge is 0.473 e. The summed E-state index contributed by atoms with van der Waals surface area (Å²) in [4.78, 5) is 35.0. The molecule has 0 bridgehead atoms. The summed E-state index contributed by atoms with van der Waals surface area (Å²) >= 11 is 7.17. The molecule has 2 heterocycles. The van der Waals surface area contributed by atoms with Crippen molar-refractivity contribution in [3.05, 3.63) is 83.9 Å². The van der Waals surface area contributed by atoms with Crippen LogP contribution >= 0.6 is 23.4 Å². The van der Waals surface area contributed by atoms with Crippen LogP contribution in [0.4, 0.5) is 28.0 Å². The predicted octanol–water partition coefficient (Wildman–Crippen LogP) is 7.15. The number of alkyl halides is 4. The van der Waals surface area contributed by atoms with Crippen LogP contribution in [-0.2, 0) is 4.79 Å². The van der Waals surface area contributed by atoms with Gasteiger partial charge in [0, 0.05) is 6.07 Å². The van der Waals surface area contributed by atoms with E-state index in [0.29, 0.717) is 11.4 Å². The van der Waals surface area contributed by atoms with E-state index < -0.39 is 34.6 Å². The van der Waals surface area contributed by atoms with Crippen LogP contribution < -0.4 is 19.7 Å². The van der Waals surface area contributed by atoms with Gasteiger partial charge in [-0.2, -0.15) is 4.99 Å². The molecule has 0 radical (unpaired) electrons. The van der Waals surface area contributed by atoms with E-state index in [4.69, 9.17) is 16.3 Å². The fourth-order valence-corrected chi connectivity index (χ4v) is 5.57. The molecule has 3 amide bonds. The van der Waals surface area contributed by atoms with Crippen LogP contribution in [0.1, 0.15) is 30.9 Å². The SMILES string of the molecule is Cc1ccc(C(C)C)c(N2C(=O)C(Cl)SC2=NC(=O)NCOc2ccc(-c3ncn(-c4ccc(OC(F)(F)F)cc4)n3)c(F)c2)c1. The normalized spacial score (nSPS) is 15.9. The standard InChI is InChI=1S/C30H25ClF4N6O4S/c1-16(2)21-10-4-17(3)12-24(21)41-27(42)25(31)46-29(41)38-28(43)37-15-44-20-9-11-22(23(32)13-20)26-36-14-40(39-26)18-5-7-19(8-6-18)45-30(33,34)35/h4-14,16,25H,15H2,1-3H3,(H,37,43). The summed E-state index contributed by atoms with van der Waals surface area (Å²) < 4.78 is 61.8. The molecule has 0 aliphatic carbocycles. The number of ether oxygens (including phenoxy) is 2. The number of halogens is 5. The van der Waals surface area contributed by atoms with Crippen molar-refractivity contribution in [2.24, 2.45) is 4.99 Å². The molecule has 1 atom stereocenters. The van der Waals surface area contributed by atoms with Gasteiger partial charge < -0.3 is 14.8 Å². The van der Waals surface area contributed by atoms with Crippen molar-refractivity contribution in [2.45, 2.75) is 37.8 Å². The highest BCUT2D eigenvalue weighted by atomic mass is 35.5. The Balaban J connectivity index is 1.22. The Morgan fingerprint density at radius 3 is 2.50 bits per heavy atom. The van der Waals surface area contributed by atoms with Gasteiger partial charge in [0.1, 0.15) is 23.6 Å². The number of nitrogens with zero attached hydrogens (tertiary/aromatic N) is 5. The van der Waals surface area contributed by atoms with Gasteiger partial charge in [0.25, 0.3) is 5.91 Å². The van der Waals surface area contributed by atoms with Gasteiger partial charge in [-0.05, 0) is 66.4 Å². The number of amidine groups is 1. The first-order chi connectivity index (χ1) is 21.8. The second-order valence-electron chi connectivity index (χ2n) is 10.2. The first kappa shape index (κ1) is 32.8. The summed E-state index contributed by atoms with van der Waals surface area (Å²) in [6.45, 7) is 5.51. The molecule has 5 rings (SSSR count). The molecular weight excluding hydrogens is 652 g/mol. The molecule has 1 fully saturated rings. The van der Waals surface area contributed by atoms with Crippen molar-refractivity contribution >= 4 is 46.2 Å². The Bertz CT molecular complexity index is 1800. The lowest BCUT2D eigenvalue weighted by Crippen LogP contribution is -2.34. The molecule has 1 aromatic heterocycles. The average molecular weight is 677 g/mol. The third kappa shape index (κ3) is 7.59. The molecule has 0 saturated carbocycles. The van der Waals surface area contributed by atoms with Gasteiger partial charge in [0.15, 0.2) is 22.4 Å². The molecule has 46 heavy (non-hydrogen) atoms. The maximum absolute atomic E-state index is 15.0. The number of benzene rings is 3. The minimum Gasteiger partial charge on any atom is -0.473 e. The molecule has 1 N–H and O–H groups in total. The lowest BCUT2D eigenvalue weighted by atomic mass is 9.99. The van der Waals surface area contributed by atoms with Gasteiger partial charge >= 0.3 is 12.4 Å². The van der Waals surface area contributed by atoms with Crippen LogP contribution in [0.25, 0.3) is 17.1 Å². The van der Waals surface area contributed by atoms with E-state index >= 15 is 0 Å². The monoisotopic (exact) mass is 676 g/mol. The Morgan fingerprint density at radius 2 is 1.83 bits per heavy atom. The first-order valence-corrected chi connectivity index (χ1v) is 14.9. The van der Waals surface area contributed by atoms with E-state index in [-0.39, 0.29) is 35.0 Å². The van der Waals surface area contributed by atoms with Gasteiger partial charge in [-0.25, -0.2) is 18.9 Å². The molecule has 1 aliphatic rings. The summed E-state index contributed by atoms with van der Waals surface area (Å²) in [6, 6.07) is 13.7. The number of nitrogens with one attached hydrogen (secondary N) is 1. The van der Waals surface area contributed by atoms with E-state index in [1.54, 1.807) is 0 Å². The second kappa shape index (κ2) is 13.4. The summed E-state index contributed by atoms with van der Waals surface area (Å²) in [7, 11) is 0. The number of aromatic nitrogens is 3. The summed E-state index contributed by atoms with van der Waals surface area (Å²) in [5.74, 6) is -1.34. The zero-order valence-corrected chi connectivity index (χ0v) is 26.0. The average Bonchev–Trinajstić information content (AvgIpc) is 3.56. The Labute approximate surface area is 269 Å². The number of thioether (sulfide) groups is 1. The lowest BCUT2D eigenvalue weighted by molar-refractivity contribution is -0.274. The lowest BCUT2D eigenvalue weighted by Gasteiger charge is -2.22. The molecule has 240 valence electrons. The fourth-order valence-electron chi connectivity index (χ4n) is 4.41. The highest BCUT2D eigenvalue weighted by Crippen LogP contribution is 2.38. The number of hydrogen-bond acceptors (Lipinski definition) is 7. The number of rotatable bonds is 8. The third-order valence-corrected chi connectivity index (χ3v) is 7.88. The van der Waals surface area contributed by atoms with E-state index in [1.165, 1.54) is 40.2 Å². The number of urea groups is 1. The number of hydrogen-bond donors (Lipinski definition) is 1. The van der Waals surface area contributed by atoms with E-state index in [1.807, 2.05) is 39.0 Å². The zero-order valence-electron chi connectivity index (χ0n) is 24.4. The number of aryl methyl sites for hydroxylation is 1. The zero-order chi connectivity index (χ0) is 33.2. The molecule has 1 aliphatic heterocycles. The molecule has 10 nitrogen and oxygen atoms in total. The van der Waals surface area contributed by atoms with Crippen LogP contribution in [-0.4, -0.2) is 49.7 Å². The predicted molar refractivity (Wildman–Crippen MR) is 165 cm³/mol. The fraction of sp³-hybridized carbons (Fsp3) is 0.233. The van der Waals surface area contributed by atoms with Crippen LogP contribution in [0.2, 0.25) is 0 Å². The third-order valence-electron chi connectivity index (χ3n) is 6.53. The number of amides is 3. The minimum atomic E-state index is -4.82.